The Hall–Kier alpha value is -1.34. The predicted molar refractivity (Wildman–Crippen MR) is 101 cm³/mol. The third-order valence-electron chi connectivity index (χ3n) is 6.21. The summed E-state index contributed by atoms with van der Waals surface area (Å²) in [5.41, 5.74) is -0.761. The van der Waals surface area contributed by atoms with Crippen molar-refractivity contribution in [2.45, 2.75) is 51.0 Å². The molecule has 7 nitrogen and oxygen atoms in total. The maximum atomic E-state index is 12.9. The fourth-order valence-electron chi connectivity index (χ4n) is 4.49. The maximum Gasteiger partial charge on any atom is 0.325 e. The average Bonchev–Trinajstić information content (AvgIpc) is 3.16. The Morgan fingerprint density at radius 2 is 1.92 bits per heavy atom. The Labute approximate surface area is 161 Å². The second-order valence-corrected chi connectivity index (χ2v) is 7.81. The first-order valence-electron chi connectivity index (χ1n) is 9.55. The molecule has 1 unspecified atom stereocenters. The first kappa shape index (κ1) is 21.0. The largest absolute Gasteiger partial charge is 0.341 e. The zero-order valence-corrected chi connectivity index (χ0v) is 16.6. The van der Waals surface area contributed by atoms with Crippen LogP contribution in [0.25, 0.3) is 0 Å². The molecule has 3 rings (SSSR count). The monoisotopic (exact) mass is 386 g/mol. The first-order chi connectivity index (χ1) is 12.0. The molecule has 3 fully saturated rings. The van der Waals surface area contributed by atoms with E-state index in [1.807, 2.05) is 7.05 Å². The van der Waals surface area contributed by atoms with Crippen LogP contribution in [-0.4, -0.2) is 66.4 Å². The highest BCUT2D eigenvalue weighted by atomic mass is 35.5. The minimum absolute atomic E-state index is 0. The molecule has 0 aromatic rings. The number of nitrogens with one attached hydrogen (secondary N) is 2. The van der Waals surface area contributed by atoms with Crippen LogP contribution in [-0.2, 0) is 9.59 Å². The maximum absolute atomic E-state index is 12.9. The molecule has 1 aliphatic carbocycles. The van der Waals surface area contributed by atoms with Gasteiger partial charge in [0.2, 0.25) is 5.91 Å². The first-order valence-corrected chi connectivity index (χ1v) is 9.55. The second-order valence-electron chi connectivity index (χ2n) is 7.81. The average molecular weight is 387 g/mol. The lowest BCUT2D eigenvalue weighted by atomic mass is 9.75. The summed E-state index contributed by atoms with van der Waals surface area (Å²) in [5, 5.41) is 6.03. The Balaban J connectivity index is 0.00000243. The van der Waals surface area contributed by atoms with E-state index < -0.39 is 11.6 Å². The van der Waals surface area contributed by atoms with E-state index in [-0.39, 0.29) is 30.8 Å². The van der Waals surface area contributed by atoms with Crippen LogP contribution < -0.4 is 10.6 Å². The molecule has 0 radical (unpaired) electrons. The summed E-state index contributed by atoms with van der Waals surface area (Å²) in [4.78, 5) is 40.7. The normalized spacial score (nSPS) is 31.3. The Morgan fingerprint density at radius 1 is 1.23 bits per heavy atom. The molecule has 2 N–H and O–H groups in total. The fraction of sp³-hybridized carbons (Fsp3) is 0.833. The standard InChI is InChI=1S/C18H30N4O3.ClH/c1-3-13-4-7-18(8-5-13)16(24)22(17(25)20-18)12-15(23)21-9-6-14(11-21)10-19-2;/h13-14,19H,3-12H2,1-2H3,(H,20,25);1H. The Kier molecular flexibility index (Phi) is 6.91. The topological polar surface area (TPSA) is 81.8 Å². The molecule has 0 aromatic heterocycles. The van der Waals surface area contributed by atoms with Gasteiger partial charge >= 0.3 is 6.03 Å². The van der Waals surface area contributed by atoms with Crippen LogP contribution in [0.2, 0.25) is 0 Å². The van der Waals surface area contributed by atoms with E-state index in [0.717, 1.165) is 37.1 Å². The SMILES string of the molecule is CCC1CCC2(CC1)NC(=O)N(CC(=O)N1CCC(CNC)C1)C2=O.Cl. The number of hydrogen-bond donors (Lipinski definition) is 2. The summed E-state index contributed by atoms with van der Waals surface area (Å²) in [6.07, 6.45) is 5.38. The summed E-state index contributed by atoms with van der Waals surface area (Å²) in [6, 6.07) is -0.403. The van der Waals surface area contributed by atoms with E-state index in [1.165, 1.54) is 0 Å². The van der Waals surface area contributed by atoms with Crippen molar-refractivity contribution in [3.05, 3.63) is 0 Å². The third kappa shape index (κ3) is 3.98. The van der Waals surface area contributed by atoms with Crippen LogP contribution >= 0.6 is 12.4 Å². The second kappa shape index (κ2) is 8.57. The van der Waals surface area contributed by atoms with Crippen molar-refractivity contribution in [1.29, 1.82) is 0 Å². The van der Waals surface area contributed by atoms with E-state index in [0.29, 0.717) is 37.8 Å². The van der Waals surface area contributed by atoms with Crippen LogP contribution in [0.4, 0.5) is 4.79 Å². The molecule has 148 valence electrons. The zero-order chi connectivity index (χ0) is 18.0. The highest BCUT2D eigenvalue weighted by Gasteiger charge is 2.52. The van der Waals surface area contributed by atoms with Gasteiger partial charge in [-0.3, -0.25) is 14.5 Å². The van der Waals surface area contributed by atoms with Crippen LogP contribution in [0, 0.1) is 11.8 Å². The van der Waals surface area contributed by atoms with Crippen molar-refractivity contribution < 1.29 is 14.4 Å². The van der Waals surface area contributed by atoms with E-state index in [1.54, 1.807) is 4.90 Å². The number of amides is 4. The molecular formula is C18H31ClN4O3. The van der Waals surface area contributed by atoms with Crippen molar-refractivity contribution in [3.63, 3.8) is 0 Å². The number of imide groups is 1. The van der Waals surface area contributed by atoms with Gasteiger partial charge in [0.15, 0.2) is 0 Å². The number of halogens is 1. The van der Waals surface area contributed by atoms with Gasteiger partial charge in [0.25, 0.3) is 5.91 Å². The third-order valence-corrected chi connectivity index (χ3v) is 6.21. The van der Waals surface area contributed by atoms with Gasteiger partial charge < -0.3 is 15.5 Å². The molecule has 8 heteroatoms. The molecule has 3 aliphatic rings. The number of rotatable bonds is 5. The van der Waals surface area contributed by atoms with Gasteiger partial charge in [-0.15, -0.1) is 12.4 Å². The van der Waals surface area contributed by atoms with Crippen LogP contribution in [0.3, 0.4) is 0 Å². The van der Waals surface area contributed by atoms with Crippen molar-refractivity contribution in [1.82, 2.24) is 20.4 Å². The minimum atomic E-state index is -0.761. The van der Waals surface area contributed by atoms with E-state index in [9.17, 15) is 14.4 Å². The Morgan fingerprint density at radius 3 is 2.54 bits per heavy atom. The molecule has 2 saturated heterocycles. The fourth-order valence-corrected chi connectivity index (χ4v) is 4.49. The number of likely N-dealkylation sites (tertiary alicyclic amines) is 1. The lowest BCUT2D eigenvalue weighted by molar-refractivity contribution is -0.139. The zero-order valence-electron chi connectivity index (χ0n) is 15.8. The van der Waals surface area contributed by atoms with Gasteiger partial charge in [-0.25, -0.2) is 4.79 Å². The molecule has 1 spiro atoms. The molecular weight excluding hydrogens is 356 g/mol. The summed E-state index contributed by atoms with van der Waals surface area (Å²) >= 11 is 0. The van der Waals surface area contributed by atoms with Crippen LogP contribution in [0.1, 0.15) is 45.4 Å². The smallest absolute Gasteiger partial charge is 0.325 e. The molecule has 2 heterocycles. The quantitative estimate of drug-likeness (QED) is 0.699. The van der Waals surface area contributed by atoms with Crippen LogP contribution in [0.15, 0.2) is 0 Å². The highest BCUT2D eigenvalue weighted by Crippen LogP contribution is 2.37. The molecule has 0 bridgehead atoms. The summed E-state index contributed by atoms with van der Waals surface area (Å²) in [6.45, 7) is 4.33. The van der Waals surface area contributed by atoms with Crippen molar-refractivity contribution in [2.24, 2.45) is 11.8 Å². The molecule has 1 saturated carbocycles. The van der Waals surface area contributed by atoms with E-state index in [4.69, 9.17) is 0 Å². The summed E-state index contributed by atoms with van der Waals surface area (Å²) in [7, 11) is 1.91. The lowest BCUT2D eigenvalue weighted by Crippen LogP contribution is -2.50. The van der Waals surface area contributed by atoms with Crippen LogP contribution in [0.5, 0.6) is 0 Å². The lowest BCUT2D eigenvalue weighted by Gasteiger charge is -2.34. The number of nitrogens with zero attached hydrogens (tertiary/aromatic N) is 2. The highest BCUT2D eigenvalue weighted by molar-refractivity contribution is 6.09. The van der Waals surface area contributed by atoms with Crippen molar-refractivity contribution >= 4 is 30.3 Å². The molecule has 4 amide bonds. The molecule has 0 aromatic carbocycles. The predicted octanol–water partition coefficient (Wildman–Crippen LogP) is 1.37. The number of urea groups is 1. The van der Waals surface area contributed by atoms with Gasteiger partial charge in [0.05, 0.1) is 0 Å². The molecule has 2 aliphatic heterocycles. The van der Waals surface area contributed by atoms with E-state index in [2.05, 4.69) is 17.6 Å². The number of hydrogen-bond acceptors (Lipinski definition) is 4. The number of carbonyl (C=O) groups excluding carboxylic acids is 3. The van der Waals surface area contributed by atoms with Crippen molar-refractivity contribution in [2.75, 3.05) is 33.2 Å². The van der Waals surface area contributed by atoms with E-state index >= 15 is 0 Å². The molecule has 1 atom stereocenters. The van der Waals surface area contributed by atoms with Gasteiger partial charge in [-0.05, 0) is 57.5 Å². The van der Waals surface area contributed by atoms with Gasteiger partial charge in [-0.2, -0.15) is 0 Å². The summed E-state index contributed by atoms with van der Waals surface area (Å²) in [5.74, 6) is 0.764. The minimum Gasteiger partial charge on any atom is -0.341 e. The van der Waals surface area contributed by atoms with Gasteiger partial charge in [0.1, 0.15) is 12.1 Å². The van der Waals surface area contributed by atoms with Gasteiger partial charge in [-0.1, -0.05) is 13.3 Å². The Bertz CT molecular complexity index is 549. The number of carbonyl (C=O) groups is 3. The van der Waals surface area contributed by atoms with Gasteiger partial charge in [0, 0.05) is 13.1 Å². The van der Waals surface area contributed by atoms with Crippen molar-refractivity contribution in [3.8, 4) is 0 Å². The molecule has 26 heavy (non-hydrogen) atoms. The summed E-state index contributed by atoms with van der Waals surface area (Å²) < 4.78 is 0.